The molecule has 0 aromatic heterocycles. The molecule has 1 aromatic rings. The molecule has 1 atom stereocenters. The molecule has 1 heterocycles. The molecule has 2 rings (SSSR count). The maximum Gasteiger partial charge on any atom is 0.339 e. The smallest absolute Gasteiger partial charge is 0.339 e. The van der Waals surface area contributed by atoms with Gasteiger partial charge in [-0.05, 0) is 37.0 Å². The molecule has 2 N–H and O–H groups in total. The van der Waals surface area contributed by atoms with Crippen molar-refractivity contribution in [3.05, 3.63) is 23.8 Å². The maximum atomic E-state index is 11.2. The number of aromatic carboxylic acids is 1. The van der Waals surface area contributed by atoms with Crippen molar-refractivity contribution in [1.29, 1.82) is 0 Å². The highest BCUT2D eigenvalue weighted by atomic mass is 16.5. The summed E-state index contributed by atoms with van der Waals surface area (Å²) in [6.45, 7) is 1.84. The second kappa shape index (κ2) is 5.93. The first-order valence-corrected chi connectivity index (χ1v) is 6.43. The summed E-state index contributed by atoms with van der Waals surface area (Å²) in [5.41, 5.74) is 1.04. The number of piperidine rings is 1. The largest absolute Gasteiger partial charge is 0.496 e. The number of hydrogen-bond donors (Lipinski definition) is 2. The highest BCUT2D eigenvalue weighted by molar-refractivity contribution is 5.92. The van der Waals surface area contributed by atoms with E-state index in [9.17, 15) is 15.0 Å². The van der Waals surface area contributed by atoms with E-state index in [1.165, 1.54) is 7.11 Å². The zero-order valence-electron chi connectivity index (χ0n) is 11.0. The van der Waals surface area contributed by atoms with E-state index in [0.29, 0.717) is 5.75 Å². The van der Waals surface area contributed by atoms with Crippen molar-refractivity contribution in [3.63, 3.8) is 0 Å². The second-order valence-electron chi connectivity index (χ2n) is 4.83. The van der Waals surface area contributed by atoms with Crippen LogP contribution in [0, 0.1) is 5.92 Å². The van der Waals surface area contributed by atoms with Gasteiger partial charge in [0.15, 0.2) is 0 Å². The summed E-state index contributed by atoms with van der Waals surface area (Å²) in [6.07, 6.45) is 2.04. The molecule has 1 fully saturated rings. The van der Waals surface area contributed by atoms with Crippen LogP contribution in [0.3, 0.4) is 0 Å². The normalized spacial score (nSPS) is 19.3. The molecule has 0 amide bonds. The molecule has 0 bridgehead atoms. The van der Waals surface area contributed by atoms with Crippen molar-refractivity contribution >= 4 is 11.7 Å². The lowest BCUT2D eigenvalue weighted by atomic mass is 9.98. The minimum atomic E-state index is -0.991. The summed E-state index contributed by atoms with van der Waals surface area (Å²) < 4.78 is 5.05. The Morgan fingerprint density at radius 2 is 2.32 bits per heavy atom. The molecule has 1 saturated heterocycles. The SMILES string of the molecule is COc1ccc(N2CCCC(CO)C2)cc1C(=O)O. The minimum Gasteiger partial charge on any atom is -0.496 e. The van der Waals surface area contributed by atoms with Crippen molar-refractivity contribution in [2.75, 3.05) is 31.7 Å². The van der Waals surface area contributed by atoms with Gasteiger partial charge in [0, 0.05) is 25.4 Å². The first-order chi connectivity index (χ1) is 9.15. The topological polar surface area (TPSA) is 70.0 Å². The van der Waals surface area contributed by atoms with Crippen LogP contribution >= 0.6 is 0 Å². The Balaban J connectivity index is 2.25. The van der Waals surface area contributed by atoms with Gasteiger partial charge < -0.3 is 19.8 Å². The lowest BCUT2D eigenvalue weighted by Crippen LogP contribution is -2.36. The van der Waals surface area contributed by atoms with Crippen LogP contribution in [0.2, 0.25) is 0 Å². The summed E-state index contributed by atoms with van der Waals surface area (Å²) in [5.74, 6) is -0.356. The molecule has 1 aromatic carbocycles. The molecular formula is C14H19NO4. The van der Waals surface area contributed by atoms with Crippen LogP contribution in [0.25, 0.3) is 0 Å². The maximum absolute atomic E-state index is 11.2. The highest BCUT2D eigenvalue weighted by Crippen LogP contribution is 2.28. The molecule has 19 heavy (non-hydrogen) atoms. The number of rotatable bonds is 4. The fourth-order valence-corrected chi connectivity index (χ4v) is 2.51. The number of aliphatic hydroxyl groups excluding tert-OH is 1. The predicted molar refractivity (Wildman–Crippen MR) is 72.0 cm³/mol. The molecule has 0 aliphatic carbocycles. The van der Waals surface area contributed by atoms with E-state index in [1.54, 1.807) is 12.1 Å². The fraction of sp³-hybridized carbons (Fsp3) is 0.500. The molecule has 1 aliphatic heterocycles. The number of carbonyl (C=O) groups is 1. The van der Waals surface area contributed by atoms with Crippen LogP contribution in [0.5, 0.6) is 5.75 Å². The van der Waals surface area contributed by atoms with Crippen LogP contribution < -0.4 is 9.64 Å². The number of hydrogen-bond acceptors (Lipinski definition) is 4. The summed E-state index contributed by atoms with van der Waals surface area (Å²) in [7, 11) is 1.46. The van der Waals surface area contributed by atoms with Gasteiger partial charge in [-0.2, -0.15) is 0 Å². The molecule has 5 nitrogen and oxygen atoms in total. The van der Waals surface area contributed by atoms with Crippen LogP contribution in [-0.4, -0.2) is 43.0 Å². The lowest BCUT2D eigenvalue weighted by Gasteiger charge is -2.33. The van der Waals surface area contributed by atoms with Crippen LogP contribution in [0.1, 0.15) is 23.2 Å². The van der Waals surface area contributed by atoms with Gasteiger partial charge in [0.2, 0.25) is 0 Å². The molecule has 0 spiro atoms. The first-order valence-electron chi connectivity index (χ1n) is 6.43. The standard InChI is InChI=1S/C14H19NO4/c1-19-13-5-4-11(7-12(13)14(17)18)15-6-2-3-10(8-15)9-16/h4-5,7,10,16H,2-3,6,8-9H2,1H3,(H,17,18). The molecule has 1 aliphatic rings. The Kier molecular flexibility index (Phi) is 4.27. The number of nitrogens with zero attached hydrogens (tertiary/aromatic N) is 1. The van der Waals surface area contributed by atoms with Crippen molar-refractivity contribution in [2.24, 2.45) is 5.92 Å². The van der Waals surface area contributed by atoms with Crippen molar-refractivity contribution in [1.82, 2.24) is 0 Å². The number of aliphatic hydroxyl groups is 1. The van der Waals surface area contributed by atoms with Gasteiger partial charge in [-0.3, -0.25) is 0 Å². The number of ether oxygens (including phenoxy) is 1. The number of carboxylic acids is 1. The Bertz CT molecular complexity index is 461. The first kappa shape index (κ1) is 13.7. The third-order valence-electron chi connectivity index (χ3n) is 3.56. The summed E-state index contributed by atoms with van der Waals surface area (Å²) >= 11 is 0. The van der Waals surface area contributed by atoms with Gasteiger partial charge in [-0.15, -0.1) is 0 Å². The van der Waals surface area contributed by atoms with E-state index in [0.717, 1.165) is 31.6 Å². The summed E-state index contributed by atoms with van der Waals surface area (Å²) in [4.78, 5) is 13.3. The molecule has 0 saturated carbocycles. The number of carboxylic acid groups (broad SMARTS) is 1. The Morgan fingerprint density at radius 3 is 2.95 bits per heavy atom. The van der Waals surface area contributed by atoms with Crippen LogP contribution in [-0.2, 0) is 0 Å². The summed E-state index contributed by atoms with van der Waals surface area (Å²) in [5, 5.41) is 18.4. The third-order valence-corrected chi connectivity index (χ3v) is 3.56. The number of methoxy groups -OCH3 is 1. The number of anilines is 1. The van der Waals surface area contributed by atoms with E-state index in [1.807, 2.05) is 6.07 Å². The quantitative estimate of drug-likeness (QED) is 0.865. The predicted octanol–water partition coefficient (Wildman–Crippen LogP) is 1.60. The fourth-order valence-electron chi connectivity index (χ4n) is 2.51. The molecule has 104 valence electrons. The monoisotopic (exact) mass is 265 g/mol. The van der Waals surface area contributed by atoms with E-state index >= 15 is 0 Å². The van der Waals surface area contributed by atoms with E-state index in [2.05, 4.69) is 4.90 Å². The van der Waals surface area contributed by atoms with Gasteiger partial charge in [0.1, 0.15) is 11.3 Å². The Hall–Kier alpha value is -1.75. The zero-order chi connectivity index (χ0) is 13.8. The van der Waals surface area contributed by atoms with Crippen LogP contribution in [0.15, 0.2) is 18.2 Å². The van der Waals surface area contributed by atoms with Gasteiger partial charge in [0.05, 0.1) is 7.11 Å². The molecule has 0 radical (unpaired) electrons. The average Bonchev–Trinajstić information content (AvgIpc) is 2.46. The van der Waals surface area contributed by atoms with Crippen molar-refractivity contribution in [3.8, 4) is 5.75 Å². The van der Waals surface area contributed by atoms with E-state index in [-0.39, 0.29) is 18.1 Å². The second-order valence-corrected chi connectivity index (χ2v) is 4.83. The third kappa shape index (κ3) is 2.98. The van der Waals surface area contributed by atoms with Gasteiger partial charge in [-0.1, -0.05) is 0 Å². The average molecular weight is 265 g/mol. The molecule has 1 unspecified atom stereocenters. The Morgan fingerprint density at radius 1 is 1.53 bits per heavy atom. The molecule has 5 heteroatoms. The van der Waals surface area contributed by atoms with Gasteiger partial charge in [-0.25, -0.2) is 4.79 Å². The highest BCUT2D eigenvalue weighted by Gasteiger charge is 2.21. The van der Waals surface area contributed by atoms with E-state index in [4.69, 9.17) is 4.74 Å². The van der Waals surface area contributed by atoms with Gasteiger partial charge in [0.25, 0.3) is 0 Å². The zero-order valence-corrected chi connectivity index (χ0v) is 11.0. The Labute approximate surface area is 112 Å². The number of benzene rings is 1. The van der Waals surface area contributed by atoms with Crippen LogP contribution in [0.4, 0.5) is 5.69 Å². The van der Waals surface area contributed by atoms with E-state index < -0.39 is 5.97 Å². The minimum absolute atomic E-state index is 0.172. The summed E-state index contributed by atoms with van der Waals surface area (Å²) in [6, 6.07) is 5.19. The van der Waals surface area contributed by atoms with Crippen molar-refractivity contribution < 1.29 is 19.7 Å². The van der Waals surface area contributed by atoms with Crippen molar-refractivity contribution in [2.45, 2.75) is 12.8 Å². The molecular weight excluding hydrogens is 246 g/mol. The lowest BCUT2D eigenvalue weighted by molar-refractivity contribution is 0.0693. The van der Waals surface area contributed by atoms with Gasteiger partial charge >= 0.3 is 5.97 Å².